The molecule has 0 bridgehead atoms. The zero-order valence-electron chi connectivity index (χ0n) is 43.5. The SMILES string of the molecule is CCCCCCCCCCCCc1ccc(CN(C(=O)C(=O)O)c2ccc(C(F)(F)F)cc2)cc1.CCCCCCCCc1ccc(C(=O)Nc2ccc(CN(Cc3ccc(C(F)(F)F)cc3)C(=O)C(=O)O)cc2)cc1. The molecule has 3 amide bonds. The molecule has 5 aromatic rings. The van der Waals surface area contributed by atoms with Crippen LogP contribution in [0.4, 0.5) is 37.7 Å². The van der Waals surface area contributed by atoms with Crippen molar-refractivity contribution in [2.45, 2.75) is 161 Å². The molecule has 3 N–H and O–H groups in total. The number of unbranched alkanes of at least 4 members (excludes halogenated alkanes) is 14. The summed E-state index contributed by atoms with van der Waals surface area (Å²) in [4.78, 5) is 61.8. The van der Waals surface area contributed by atoms with E-state index in [4.69, 9.17) is 0 Å². The first-order valence-corrected chi connectivity index (χ1v) is 26.3. The molecule has 5 aromatic carbocycles. The maximum absolute atomic E-state index is 12.8. The van der Waals surface area contributed by atoms with Gasteiger partial charge in [-0.1, -0.05) is 164 Å². The maximum Gasteiger partial charge on any atom is 0.416 e. The lowest BCUT2D eigenvalue weighted by atomic mass is 10.0. The highest BCUT2D eigenvalue weighted by atomic mass is 19.4. The van der Waals surface area contributed by atoms with Crippen LogP contribution in [0.5, 0.6) is 0 Å². The second-order valence-corrected chi connectivity index (χ2v) is 19.0. The molecule has 0 saturated heterocycles. The van der Waals surface area contributed by atoms with E-state index in [-0.39, 0.29) is 31.2 Å². The summed E-state index contributed by atoms with van der Waals surface area (Å²) in [5.74, 6) is -5.98. The van der Waals surface area contributed by atoms with E-state index in [2.05, 4.69) is 19.2 Å². The fourth-order valence-electron chi connectivity index (χ4n) is 8.44. The minimum absolute atomic E-state index is 0.0466. The van der Waals surface area contributed by atoms with Crippen molar-refractivity contribution < 1.29 is 60.5 Å². The summed E-state index contributed by atoms with van der Waals surface area (Å²) in [7, 11) is 0. The Morgan fingerprint density at radius 1 is 0.421 bits per heavy atom. The number of nitrogens with one attached hydrogen (secondary N) is 1. The number of benzene rings is 5. The largest absolute Gasteiger partial charge is 0.474 e. The zero-order valence-corrected chi connectivity index (χ0v) is 43.5. The van der Waals surface area contributed by atoms with E-state index in [9.17, 15) is 60.5 Å². The number of rotatable bonds is 27. The third-order valence-corrected chi connectivity index (χ3v) is 12.9. The summed E-state index contributed by atoms with van der Waals surface area (Å²) in [5.41, 5.74) is 3.45. The molecule has 0 radical (unpaired) electrons. The molecule has 0 aliphatic heterocycles. The van der Waals surface area contributed by atoms with Gasteiger partial charge in [0.15, 0.2) is 0 Å². The van der Waals surface area contributed by atoms with Crippen LogP contribution in [0, 0.1) is 0 Å². The normalized spacial score (nSPS) is 11.3. The van der Waals surface area contributed by atoms with Crippen molar-refractivity contribution >= 4 is 41.0 Å². The number of carboxylic acid groups (broad SMARTS) is 2. The number of hydrogen-bond acceptors (Lipinski definition) is 5. The number of amides is 3. The molecule has 0 unspecified atom stereocenters. The minimum Gasteiger partial charge on any atom is -0.474 e. The Kier molecular flexibility index (Phi) is 25.8. The molecule has 0 spiro atoms. The monoisotopic (exact) mass is 1060 g/mol. The van der Waals surface area contributed by atoms with Crippen molar-refractivity contribution in [1.29, 1.82) is 0 Å². The van der Waals surface area contributed by atoms with Crippen LogP contribution in [-0.2, 0) is 64.0 Å². The van der Waals surface area contributed by atoms with Crippen LogP contribution < -0.4 is 10.2 Å². The predicted octanol–water partition coefficient (Wildman–Crippen LogP) is 15.3. The number of nitrogens with zero attached hydrogens (tertiary/aromatic N) is 2. The molecule has 0 saturated carbocycles. The van der Waals surface area contributed by atoms with Crippen LogP contribution in [0.2, 0.25) is 0 Å². The Hall–Kier alpha value is -6.97. The molecular formula is C60H71F6N3O7. The van der Waals surface area contributed by atoms with Crippen molar-refractivity contribution in [3.63, 3.8) is 0 Å². The summed E-state index contributed by atoms with van der Waals surface area (Å²) < 4.78 is 77.0. The van der Waals surface area contributed by atoms with Gasteiger partial charge < -0.3 is 20.4 Å². The van der Waals surface area contributed by atoms with Crippen LogP contribution in [0.25, 0.3) is 0 Å². The maximum atomic E-state index is 12.8. The molecule has 0 aliphatic carbocycles. The summed E-state index contributed by atoms with van der Waals surface area (Å²) in [6, 6.07) is 29.8. The standard InChI is InChI=1S/C32H35F3N2O4.C28H36F3NO3/c1-2-3-4-5-6-7-8-23-9-15-26(16-10-23)29(38)36-28-19-13-25(14-20-28)22-37(30(39)31(40)41)21-24-11-17-27(18-12-24)32(33,34)35;1-2-3-4-5-6-7-8-9-10-11-12-22-13-15-23(16-14-22)21-32(26(33)27(34)35)25-19-17-24(18-20-25)28(29,30)31/h9-20H,2-8,21-22H2,1H3,(H,36,38)(H,40,41);13-20H,2-12,21H2,1H3,(H,34,35). The molecule has 10 nitrogen and oxygen atoms in total. The van der Waals surface area contributed by atoms with E-state index in [1.165, 1.54) is 113 Å². The average molecular weight is 1060 g/mol. The van der Waals surface area contributed by atoms with Crippen LogP contribution in [0.15, 0.2) is 121 Å². The molecule has 0 fully saturated rings. The summed E-state index contributed by atoms with van der Waals surface area (Å²) in [6.07, 6.45) is 13.0. The van der Waals surface area contributed by atoms with Gasteiger partial charge in [0, 0.05) is 30.0 Å². The van der Waals surface area contributed by atoms with Gasteiger partial charge in [-0.2, -0.15) is 26.3 Å². The smallest absolute Gasteiger partial charge is 0.416 e. The third-order valence-electron chi connectivity index (χ3n) is 12.9. The molecule has 16 heteroatoms. The Bertz CT molecular complexity index is 2550. The van der Waals surface area contributed by atoms with Gasteiger partial charge in [0.05, 0.1) is 17.7 Å². The van der Waals surface area contributed by atoms with E-state index < -0.39 is 47.2 Å². The fraction of sp³-hybridized carbons (Fsp3) is 0.417. The van der Waals surface area contributed by atoms with Crippen LogP contribution in [0.3, 0.4) is 0 Å². The second-order valence-electron chi connectivity index (χ2n) is 19.0. The third kappa shape index (κ3) is 22.1. The number of aliphatic carboxylic acids is 2. The number of carboxylic acids is 2. The first-order valence-electron chi connectivity index (χ1n) is 26.3. The number of carbonyl (C=O) groups excluding carboxylic acids is 3. The molecule has 5 rings (SSSR count). The number of aryl methyl sites for hydroxylation is 2. The second kappa shape index (κ2) is 31.8. The number of hydrogen-bond donors (Lipinski definition) is 3. The van der Waals surface area contributed by atoms with E-state index in [0.717, 1.165) is 71.9 Å². The number of alkyl halides is 6. The van der Waals surface area contributed by atoms with Crippen LogP contribution >= 0.6 is 0 Å². The highest BCUT2D eigenvalue weighted by Crippen LogP contribution is 2.32. The van der Waals surface area contributed by atoms with Crippen molar-refractivity contribution in [2.75, 3.05) is 10.2 Å². The first kappa shape index (κ1) is 61.6. The average Bonchev–Trinajstić information content (AvgIpc) is 3.39. The fourth-order valence-corrected chi connectivity index (χ4v) is 8.44. The van der Waals surface area contributed by atoms with Gasteiger partial charge in [0.2, 0.25) is 0 Å². The number of anilines is 2. The van der Waals surface area contributed by atoms with Crippen LogP contribution in [-0.4, -0.2) is 44.8 Å². The van der Waals surface area contributed by atoms with Gasteiger partial charge in [-0.3, -0.25) is 19.3 Å². The predicted molar refractivity (Wildman–Crippen MR) is 284 cm³/mol. The van der Waals surface area contributed by atoms with Gasteiger partial charge in [-0.05, 0) is 114 Å². The van der Waals surface area contributed by atoms with Crippen molar-refractivity contribution in [2.24, 2.45) is 0 Å². The van der Waals surface area contributed by atoms with Crippen molar-refractivity contribution in [3.05, 3.63) is 166 Å². The Labute approximate surface area is 442 Å². The van der Waals surface area contributed by atoms with E-state index >= 15 is 0 Å². The molecule has 0 atom stereocenters. The summed E-state index contributed by atoms with van der Waals surface area (Å²) >= 11 is 0. The Morgan fingerprint density at radius 3 is 1.17 bits per heavy atom. The van der Waals surface area contributed by atoms with Crippen LogP contribution in [0.1, 0.15) is 166 Å². The quantitative estimate of drug-likeness (QED) is 0.0270. The zero-order chi connectivity index (χ0) is 55.5. The molecule has 76 heavy (non-hydrogen) atoms. The number of halogens is 6. The topological polar surface area (TPSA) is 144 Å². The summed E-state index contributed by atoms with van der Waals surface area (Å²) in [6.45, 7) is 4.12. The lowest BCUT2D eigenvalue weighted by Crippen LogP contribution is -2.36. The number of carbonyl (C=O) groups is 5. The van der Waals surface area contributed by atoms with E-state index in [1.54, 1.807) is 36.4 Å². The van der Waals surface area contributed by atoms with Crippen molar-refractivity contribution in [1.82, 2.24) is 4.90 Å². The minimum atomic E-state index is -4.51. The van der Waals surface area contributed by atoms with E-state index in [1.807, 2.05) is 36.4 Å². The van der Waals surface area contributed by atoms with Gasteiger partial charge >= 0.3 is 36.1 Å². The van der Waals surface area contributed by atoms with Gasteiger partial charge in [-0.15, -0.1) is 0 Å². The lowest BCUT2D eigenvalue weighted by molar-refractivity contribution is -0.156. The molecular weight excluding hydrogens is 989 g/mol. The first-order chi connectivity index (χ1) is 36.3. The lowest BCUT2D eigenvalue weighted by Gasteiger charge is -2.21. The van der Waals surface area contributed by atoms with Gasteiger partial charge in [-0.25, -0.2) is 9.59 Å². The van der Waals surface area contributed by atoms with Crippen molar-refractivity contribution in [3.8, 4) is 0 Å². The molecule has 410 valence electrons. The molecule has 0 heterocycles. The highest BCUT2D eigenvalue weighted by molar-refractivity contribution is 6.37. The Morgan fingerprint density at radius 2 is 0.763 bits per heavy atom. The Balaban J connectivity index is 0.000000333. The molecule has 0 aliphatic rings. The van der Waals surface area contributed by atoms with Gasteiger partial charge in [0.1, 0.15) is 0 Å². The molecule has 0 aromatic heterocycles. The summed E-state index contributed by atoms with van der Waals surface area (Å²) in [5, 5.41) is 21.2. The highest BCUT2D eigenvalue weighted by Gasteiger charge is 2.32. The van der Waals surface area contributed by atoms with E-state index in [0.29, 0.717) is 27.9 Å². The van der Waals surface area contributed by atoms with Gasteiger partial charge in [0.25, 0.3) is 5.91 Å².